The smallest absolute Gasteiger partial charge is 0.260 e. The first-order chi connectivity index (χ1) is 13.9. The molecule has 0 aliphatic rings. The van der Waals surface area contributed by atoms with Crippen molar-refractivity contribution in [2.24, 2.45) is 0 Å². The molecular formula is C22H28ClN3O3S. The summed E-state index contributed by atoms with van der Waals surface area (Å²) < 4.78 is 11.7. The maximum atomic E-state index is 13.4. The van der Waals surface area contributed by atoms with Crippen LogP contribution in [0.2, 0.25) is 0 Å². The van der Waals surface area contributed by atoms with Crippen molar-refractivity contribution in [3.8, 4) is 11.5 Å². The number of anilines is 1. The topological polar surface area (TPSA) is 54.9 Å². The second-order valence-corrected chi connectivity index (χ2v) is 8.16. The molecule has 0 unspecified atom stereocenters. The summed E-state index contributed by atoms with van der Waals surface area (Å²) in [5, 5.41) is 0.712. The van der Waals surface area contributed by atoms with Crippen molar-refractivity contribution in [3.05, 3.63) is 47.5 Å². The molecule has 30 heavy (non-hydrogen) atoms. The Bertz CT molecular complexity index is 1010. The van der Waals surface area contributed by atoms with Crippen LogP contribution in [0.1, 0.15) is 22.3 Å². The van der Waals surface area contributed by atoms with Crippen LogP contribution in [0.15, 0.2) is 36.4 Å². The summed E-state index contributed by atoms with van der Waals surface area (Å²) >= 11 is 1.54. The molecule has 0 N–H and O–H groups in total. The summed E-state index contributed by atoms with van der Waals surface area (Å²) in [6.07, 6.45) is 0.848. The molecule has 6 nitrogen and oxygen atoms in total. The van der Waals surface area contributed by atoms with Crippen LogP contribution in [-0.4, -0.2) is 57.2 Å². The normalized spacial score (nSPS) is 10.7. The number of fused-ring (bicyclic) bond motifs is 1. The molecule has 0 fully saturated rings. The molecule has 1 heterocycles. The third-order valence-electron chi connectivity index (χ3n) is 4.63. The maximum absolute atomic E-state index is 13.4. The Morgan fingerprint density at radius 3 is 2.43 bits per heavy atom. The van der Waals surface area contributed by atoms with Gasteiger partial charge in [-0.05, 0) is 69.9 Å². The van der Waals surface area contributed by atoms with E-state index in [1.807, 2.05) is 26.2 Å². The molecule has 162 valence electrons. The van der Waals surface area contributed by atoms with Gasteiger partial charge in [0.05, 0.1) is 24.4 Å². The average Bonchev–Trinajstić information content (AvgIpc) is 3.12. The Balaban J connectivity index is 0.00000320. The van der Waals surface area contributed by atoms with Crippen LogP contribution in [0.3, 0.4) is 0 Å². The van der Waals surface area contributed by atoms with Gasteiger partial charge in [-0.25, -0.2) is 4.98 Å². The molecule has 3 rings (SSSR count). The molecule has 2 aromatic carbocycles. The minimum atomic E-state index is -0.0968. The number of carbonyl (C=O) groups excluding carboxylic acids is 1. The average molecular weight is 450 g/mol. The van der Waals surface area contributed by atoms with Gasteiger partial charge < -0.3 is 14.4 Å². The van der Waals surface area contributed by atoms with Crippen LogP contribution in [0.25, 0.3) is 10.2 Å². The molecule has 0 aliphatic carbocycles. The number of hydrogen-bond donors (Lipinski definition) is 0. The Morgan fingerprint density at radius 2 is 1.77 bits per heavy atom. The highest BCUT2D eigenvalue weighted by Gasteiger charge is 2.22. The van der Waals surface area contributed by atoms with E-state index in [0.717, 1.165) is 23.2 Å². The molecule has 0 bridgehead atoms. The van der Waals surface area contributed by atoms with Crippen molar-refractivity contribution in [3.63, 3.8) is 0 Å². The number of amides is 1. The molecule has 3 aromatic rings. The molecule has 0 aliphatic heterocycles. The quantitative estimate of drug-likeness (QED) is 0.501. The number of thiazole rings is 1. The number of methoxy groups -OCH3 is 2. The van der Waals surface area contributed by atoms with E-state index in [0.29, 0.717) is 28.7 Å². The van der Waals surface area contributed by atoms with Crippen molar-refractivity contribution in [2.75, 3.05) is 46.3 Å². The summed E-state index contributed by atoms with van der Waals surface area (Å²) in [6.45, 7) is 3.53. The largest absolute Gasteiger partial charge is 0.493 e. The minimum absolute atomic E-state index is 0. The van der Waals surface area contributed by atoms with Crippen LogP contribution < -0.4 is 14.4 Å². The molecule has 0 spiro atoms. The molecule has 0 saturated heterocycles. The third-order valence-corrected chi connectivity index (χ3v) is 5.67. The van der Waals surface area contributed by atoms with Crippen molar-refractivity contribution < 1.29 is 14.3 Å². The van der Waals surface area contributed by atoms with Gasteiger partial charge >= 0.3 is 0 Å². The third kappa shape index (κ3) is 5.41. The van der Waals surface area contributed by atoms with Crippen LogP contribution in [-0.2, 0) is 0 Å². The lowest BCUT2D eigenvalue weighted by atomic mass is 10.1. The summed E-state index contributed by atoms with van der Waals surface area (Å²) in [5.41, 5.74) is 2.63. The Labute approximate surface area is 187 Å². The lowest BCUT2D eigenvalue weighted by molar-refractivity contribution is 0.0985. The van der Waals surface area contributed by atoms with Crippen LogP contribution in [0, 0.1) is 6.92 Å². The van der Waals surface area contributed by atoms with E-state index in [9.17, 15) is 4.79 Å². The van der Waals surface area contributed by atoms with Gasteiger partial charge in [-0.3, -0.25) is 9.69 Å². The number of aryl methyl sites for hydroxylation is 1. The van der Waals surface area contributed by atoms with Gasteiger partial charge in [0.2, 0.25) is 0 Å². The van der Waals surface area contributed by atoms with Gasteiger partial charge in [0, 0.05) is 12.1 Å². The predicted octanol–water partition coefficient (Wildman–Crippen LogP) is 4.64. The molecule has 0 atom stereocenters. The number of rotatable bonds is 8. The van der Waals surface area contributed by atoms with Gasteiger partial charge in [-0.2, -0.15) is 0 Å². The summed E-state index contributed by atoms with van der Waals surface area (Å²) in [4.78, 5) is 22.0. The number of benzene rings is 2. The highest BCUT2D eigenvalue weighted by molar-refractivity contribution is 7.22. The van der Waals surface area contributed by atoms with E-state index in [2.05, 4.69) is 17.9 Å². The zero-order valence-corrected chi connectivity index (χ0v) is 19.6. The van der Waals surface area contributed by atoms with E-state index in [-0.39, 0.29) is 18.3 Å². The van der Waals surface area contributed by atoms with E-state index < -0.39 is 0 Å². The molecular weight excluding hydrogens is 422 g/mol. The monoisotopic (exact) mass is 449 g/mol. The fourth-order valence-corrected chi connectivity index (χ4v) is 4.18. The minimum Gasteiger partial charge on any atom is -0.493 e. The highest BCUT2D eigenvalue weighted by Crippen LogP contribution is 2.32. The lowest BCUT2D eigenvalue weighted by Gasteiger charge is -2.21. The van der Waals surface area contributed by atoms with Crippen molar-refractivity contribution in [1.82, 2.24) is 9.88 Å². The van der Waals surface area contributed by atoms with Gasteiger partial charge in [-0.1, -0.05) is 17.4 Å². The number of nitrogens with zero attached hydrogens (tertiary/aromatic N) is 3. The Morgan fingerprint density at radius 1 is 1.03 bits per heavy atom. The Kier molecular flexibility index (Phi) is 8.46. The lowest BCUT2D eigenvalue weighted by Crippen LogP contribution is -2.33. The number of hydrogen-bond acceptors (Lipinski definition) is 6. The van der Waals surface area contributed by atoms with Crippen molar-refractivity contribution >= 4 is 45.0 Å². The summed E-state index contributed by atoms with van der Waals surface area (Å²) in [6, 6.07) is 11.4. The molecule has 0 saturated carbocycles. The van der Waals surface area contributed by atoms with Gasteiger partial charge in [0.15, 0.2) is 16.6 Å². The van der Waals surface area contributed by atoms with Crippen LogP contribution in [0.4, 0.5) is 5.13 Å². The first-order valence-corrected chi connectivity index (χ1v) is 10.3. The van der Waals surface area contributed by atoms with Gasteiger partial charge in [0.1, 0.15) is 0 Å². The van der Waals surface area contributed by atoms with Crippen LogP contribution >= 0.6 is 23.7 Å². The number of carbonyl (C=O) groups is 1. The fraction of sp³-hybridized carbons (Fsp3) is 0.364. The van der Waals surface area contributed by atoms with Crippen molar-refractivity contribution in [2.45, 2.75) is 13.3 Å². The summed E-state index contributed by atoms with van der Waals surface area (Å²) in [5.74, 6) is 1.03. The van der Waals surface area contributed by atoms with Gasteiger partial charge in [0.25, 0.3) is 5.91 Å². The van der Waals surface area contributed by atoms with E-state index in [1.54, 1.807) is 48.7 Å². The SMILES string of the molecule is COc1ccc(C(=O)N(CCCN(C)C)c2nc3ccc(C)cc3s2)cc1OC.Cl. The maximum Gasteiger partial charge on any atom is 0.260 e. The number of halogens is 1. The standard InChI is InChI=1S/C22H27N3O3S.ClH/c1-15-7-9-17-20(13-15)29-22(23-17)25(12-6-11-24(2)3)21(26)16-8-10-18(27-4)19(14-16)28-5;/h7-10,13-14H,6,11-12H2,1-5H3;1H. The van der Waals surface area contributed by atoms with E-state index in [1.165, 1.54) is 5.56 Å². The molecule has 1 amide bonds. The van der Waals surface area contributed by atoms with E-state index in [4.69, 9.17) is 14.5 Å². The van der Waals surface area contributed by atoms with Crippen molar-refractivity contribution in [1.29, 1.82) is 0 Å². The zero-order valence-electron chi connectivity index (χ0n) is 18.0. The highest BCUT2D eigenvalue weighted by atomic mass is 35.5. The first kappa shape index (κ1) is 23.9. The summed E-state index contributed by atoms with van der Waals surface area (Å²) in [7, 11) is 7.20. The molecule has 1 aromatic heterocycles. The Hall–Kier alpha value is -2.35. The fourth-order valence-electron chi connectivity index (χ4n) is 3.09. The number of ether oxygens (including phenoxy) is 2. The van der Waals surface area contributed by atoms with Gasteiger partial charge in [-0.15, -0.1) is 12.4 Å². The van der Waals surface area contributed by atoms with Crippen LogP contribution in [0.5, 0.6) is 11.5 Å². The molecule has 0 radical (unpaired) electrons. The zero-order chi connectivity index (χ0) is 21.0. The molecule has 8 heteroatoms. The number of aromatic nitrogens is 1. The second-order valence-electron chi connectivity index (χ2n) is 7.15. The second kappa shape index (κ2) is 10.6. The van der Waals surface area contributed by atoms with E-state index >= 15 is 0 Å². The first-order valence-electron chi connectivity index (χ1n) is 9.48. The predicted molar refractivity (Wildman–Crippen MR) is 126 cm³/mol.